The summed E-state index contributed by atoms with van der Waals surface area (Å²) in [6, 6.07) is 0. The number of rotatable bonds is 1. The van der Waals surface area contributed by atoms with Gasteiger partial charge < -0.3 is 4.74 Å². The average molecular weight is 238 g/mol. The number of carbonyl (C=O) groups is 2. The first-order valence-electron chi connectivity index (χ1n) is 3.44. The molecule has 0 rings (SSSR count). The molecule has 0 heterocycles. The number of hydrogen-bond acceptors (Lipinski definition) is 3. The fraction of sp³-hybridized carbons (Fsp3) is 0.714. The molecule has 0 aliphatic rings. The van der Waals surface area contributed by atoms with Crippen molar-refractivity contribution in [1.82, 2.24) is 5.32 Å². The molecule has 0 bridgehead atoms. The summed E-state index contributed by atoms with van der Waals surface area (Å²) in [6.07, 6.45) is -0.716. The zero-order valence-electron chi connectivity index (χ0n) is 7.31. The predicted molar refractivity (Wildman–Crippen MR) is 48.2 cm³/mol. The highest BCUT2D eigenvalue weighted by molar-refractivity contribution is 9.09. The molecule has 70 valence electrons. The quantitative estimate of drug-likeness (QED) is 0.703. The number of ether oxygens (including phenoxy) is 1. The van der Waals surface area contributed by atoms with Gasteiger partial charge in [-0.2, -0.15) is 0 Å². The lowest BCUT2D eigenvalue weighted by molar-refractivity contribution is -0.118. The predicted octanol–water partition coefficient (Wildman–Crippen LogP) is 1.43. The van der Waals surface area contributed by atoms with Crippen molar-refractivity contribution < 1.29 is 14.3 Å². The van der Waals surface area contributed by atoms with Crippen molar-refractivity contribution in [1.29, 1.82) is 0 Å². The molecule has 0 aromatic heterocycles. The highest BCUT2D eigenvalue weighted by Crippen LogP contribution is 2.06. The largest absolute Gasteiger partial charge is 0.444 e. The van der Waals surface area contributed by atoms with Gasteiger partial charge in [-0.25, -0.2) is 4.79 Å². The van der Waals surface area contributed by atoms with Crippen molar-refractivity contribution in [3.05, 3.63) is 0 Å². The monoisotopic (exact) mass is 237 g/mol. The second kappa shape index (κ2) is 4.45. The van der Waals surface area contributed by atoms with Gasteiger partial charge in [-0.3, -0.25) is 10.1 Å². The summed E-state index contributed by atoms with van der Waals surface area (Å²) >= 11 is 2.90. The summed E-state index contributed by atoms with van der Waals surface area (Å²) in [5, 5.41) is 2.13. The second-order valence-corrected chi connectivity index (χ2v) is 3.74. The first-order chi connectivity index (χ1) is 5.35. The van der Waals surface area contributed by atoms with E-state index in [-0.39, 0.29) is 5.33 Å². The smallest absolute Gasteiger partial charge is 0.414 e. The molecule has 4 nitrogen and oxygen atoms in total. The fourth-order valence-electron chi connectivity index (χ4n) is 0.451. The highest BCUT2D eigenvalue weighted by atomic mass is 79.9. The van der Waals surface area contributed by atoms with E-state index in [2.05, 4.69) is 15.9 Å². The summed E-state index contributed by atoms with van der Waals surface area (Å²) in [5.74, 6) is -0.413. The maximum Gasteiger partial charge on any atom is 0.414 e. The highest BCUT2D eigenvalue weighted by Gasteiger charge is 2.17. The Kier molecular flexibility index (Phi) is 4.23. The first-order valence-corrected chi connectivity index (χ1v) is 4.56. The first kappa shape index (κ1) is 11.4. The van der Waals surface area contributed by atoms with Crippen LogP contribution in [0.3, 0.4) is 0 Å². The van der Waals surface area contributed by atoms with Gasteiger partial charge in [0, 0.05) is 0 Å². The van der Waals surface area contributed by atoms with Crippen LogP contribution in [0.1, 0.15) is 20.8 Å². The summed E-state index contributed by atoms with van der Waals surface area (Å²) in [7, 11) is 0. The molecule has 0 unspecified atom stereocenters. The topological polar surface area (TPSA) is 55.4 Å². The zero-order valence-corrected chi connectivity index (χ0v) is 8.90. The Labute approximate surface area is 79.8 Å². The third kappa shape index (κ3) is 6.15. The molecule has 2 amide bonds. The second-order valence-electron chi connectivity index (χ2n) is 3.18. The van der Waals surface area contributed by atoms with Crippen LogP contribution in [0, 0.1) is 0 Å². The normalized spacial score (nSPS) is 10.7. The van der Waals surface area contributed by atoms with E-state index in [0.717, 1.165) is 0 Å². The van der Waals surface area contributed by atoms with Gasteiger partial charge >= 0.3 is 6.09 Å². The third-order valence-corrected chi connectivity index (χ3v) is 1.27. The van der Waals surface area contributed by atoms with Crippen LogP contribution in [-0.2, 0) is 9.53 Å². The summed E-state index contributed by atoms with van der Waals surface area (Å²) in [6.45, 7) is 5.18. The Bertz CT molecular complexity index is 186. The van der Waals surface area contributed by atoms with Gasteiger partial charge in [-0.05, 0) is 20.8 Å². The van der Waals surface area contributed by atoms with Crippen LogP contribution in [-0.4, -0.2) is 22.9 Å². The maximum absolute atomic E-state index is 10.9. The molecule has 12 heavy (non-hydrogen) atoms. The molecule has 0 aliphatic heterocycles. The van der Waals surface area contributed by atoms with Crippen molar-refractivity contribution in [2.45, 2.75) is 26.4 Å². The minimum Gasteiger partial charge on any atom is -0.444 e. The van der Waals surface area contributed by atoms with Crippen molar-refractivity contribution in [2.75, 3.05) is 5.33 Å². The molecular formula is C7H12BrNO3. The van der Waals surface area contributed by atoms with Gasteiger partial charge in [0.2, 0.25) is 5.91 Å². The standard InChI is InChI=1S/C7H12BrNO3/c1-7(2,3)12-6(11)9-5(10)4-8/h4H2,1-3H3,(H,9,10,11). The minimum absolute atomic E-state index is 0.0895. The van der Waals surface area contributed by atoms with Gasteiger partial charge in [0.1, 0.15) is 5.60 Å². The third-order valence-electron chi connectivity index (χ3n) is 0.762. The number of amides is 2. The molecule has 0 spiro atoms. The minimum atomic E-state index is -0.716. The van der Waals surface area contributed by atoms with Crippen LogP contribution < -0.4 is 5.32 Å². The molecule has 0 radical (unpaired) electrons. The molecule has 0 saturated carbocycles. The number of alkyl carbamates (subject to hydrolysis) is 1. The maximum atomic E-state index is 10.9. The van der Waals surface area contributed by atoms with Crippen molar-refractivity contribution >= 4 is 27.9 Å². The van der Waals surface area contributed by atoms with Gasteiger partial charge in [0.05, 0.1) is 5.33 Å². The Balaban J connectivity index is 3.83. The van der Waals surface area contributed by atoms with E-state index >= 15 is 0 Å². The average Bonchev–Trinajstić information content (AvgIpc) is 1.82. The summed E-state index contributed by atoms with van der Waals surface area (Å²) < 4.78 is 4.82. The Morgan fingerprint density at radius 2 is 1.92 bits per heavy atom. The van der Waals surface area contributed by atoms with E-state index in [1.165, 1.54) is 0 Å². The molecule has 0 saturated heterocycles. The number of nitrogens with one attached hydrogen (secondary N) is 1. The van der Waals surface area contributed by atoms with Crippen LogP contribution in [0.4, 0.5) is 4.79 Å². The molecule has 5 heteroatoms. The van der Waals surface area contributed by atoms with E-state index in [1.54, 1.807) is 20.8 Å². The van der Waals surface area contributed by atoms with E-state index in [9.17, 15) is 9.59 Å². The summed E-state index contributed by atoms with van der Waals surface area (Å²) in [4.78, 5) is 21.5. The molecule has 0 aliphatic carbocycles. The molecule has 0 atom stereocenters. The van der Waals surface area contributed by atoms with Gasteiger partial charge in [-0.1, -0.05) is 15.9 Å². The van der Waals surface area contributed by atoms with Crippen LogP contribution in [0.5, 0.6) is 0 Å². The Morgan fingerprint density at radius 1 is 1.42 bits per heavy atom. The number of halogens is 1. The van der Waals surface area contributed by atoms with Crippen molar-refractivity contribution in [3.63, 3.8) is 0 Å². The summed E-state index contributed by atoms with van der Waals surface area (Å²) in [5.41, 5.74) is -0.573. The van der Waals surface area contributed by atoms with Crippen LogP contribution >= 0.6 is 15.9 Å². The fourth-order valence-corrected chi connectivity index (χ4v) is 0.591. The van der Waals surface area contributed by atoms with E-state index in [0.29, 0.717) is 0 Å². The molecule has 0 aromatic carbocycles. The molecule has 0 aromatic rings. The molecular weight excluding hydrogens is 226 g/mol. The van der Waals surface area contributed by atoms with Crippen molar-refractivity contribution in [3.8, 4) is 0 Å². The SMILES string of the molecule is CC(C)(C)OC(=O)NC(=O)CBr. The number of carbonyl (C=O) groups excluding carboxylic acids is 2. The van der Waals surface area contributed by atoms with Gasteiger partial charge in [0.15, 0.2) is 0 Å². The number of hydrogen-bond donors (Lipinski definition) is 1. The lowest BCUT2D eigenvalue weighted by atomic mass is 10.2. The number of alkyl halides is 1. The Hall–Kier alpha value is -0.580. The van der Waals surface area contributed by atoms with Crippen LogP contribution in [0.15, 0.2) is 0 Å². The van der Waals surface area contributed by atoms with Gasteiger partial charge in [0.25, 0.3) is 0 Å². The van der Waals surface area contributed by atoms with E-state index in [4.69, 9.17) is 4.74 Å². The lowest BCUT2D eigenvalue weighted by Crippen LogP contribution is -2.36. The van der Waals surface area contributed by atoms with E-state index in [1.807, 2.05) is 5.32 Å². The molecule has 1 N–H and O–H groups in total. The lowest BCUT2D eigenvalue weighted by Gasteiger charge is -2.18. The van der Waals surface area contributed by atoms with E-state index < -0.39 is 17.6 Å². The van der Waals surface area contributed by atoms with Gasteiger partial charge in [-0.15, -0.1) is 0 Å². The van der Waals surface area contributed by atoms with Crippen molar-refractivity contribution in [2.24, 2.45) is 0 Å². The van der Waals surface area contributed by atoms with Crippen LogP contribution in [0.25, 0.3) is 0 Å². The zero-order chi connectivity index (χ0) is 9.78. The number of imide groups is 1. The molecule has 0 fully saturated rings. The van der Waals surface area contributed by atoms with Crippen LogP contribution in [0.2, 0.25) is 0 Å². The Morgan fingerprint density at radius 3 is 2.25 bits per heavy atom.